The molecule has 1 saturated heterocycles. The maximum absolute atomic E-state index is 12.8. The Bertz CT molecular complexity index is 891. The summed E-state index contributed by atoms with van der Waals surface area (Å²) in [5, 5.41) is 14.4. The van der Waals surface area contributed by atoms with Crippen molar-refractivity contribution in [3.8, 4) is 0 Å². The normalized spacial score (nSPS) is 18.3. The number of benzene rings is 2. The molecule has 3 amide bonds. The summed E-state index contributed by atoms with van der Waals surface area (Å²) in [5.41, 5.74) is 2.65. The zero-order chi connectivity index (χ0) is 20.8. The SMILES string of the molecule is Cc1cccc(NC(=O)NCC(=O)N2C(Cc3ccccc3)SC[C@H]2C(=O)O)c1. The van der Waals surface area contributed by atoms with Crippen LogP contribution in [0.2, 0.25) is 0 Å². The van der Waals surface area contributed by atoms with E-state index in [2.05, 4.69) is 10.6 Å². The molecule has 0 aromatic heterocycles. The summed E-state index contributed by atoms with van der Waals surface area (Å²) in [6.45, 7) is 1.64. The quantitative estimate of drug-likeness (QED) is 0.676. The minimum atomic E-state index is -1.04. The third kappa shape index (κ3) is 5.51. The van der Waals surface area contributed by atoms with Crippen LogP contribution in [0.25, 0.3) is 0 Å². The van der Waals surface area contributed by atoms with Crippen molar-refractivity contribution in [3.63, 3.8) is 0 Å². The molecule has 3 N–H and O–H groups in total. The van der Waals surface area contributed by atoms with E-state index in [1.807, 2.05) is 55.5 Å². The number of nitrogens with zero attached hydrogens (tertiary/aromatic N) is 1. The summed E-state index contributed by atoms with van der Waals surface area (Å²) >= 11 is 1.44. The maximum atomic E-state index is 12.8. The number of thioether (sulfide) groups is 1. The van der Waals surface area contributed by atoms with Crippen molar-refractivity contribution in [2.24, 2.45) is 0 Å². The standard InChI is InChI=1S/C21H23N3O4S/c1-14-6-5-9-16(10-14)23-21(28)22-12-18(25)24-17(20(26)27)13-29-19(24)11-15-7-3-2-4-8-15/h2-10,17,19H,11-13H2,1H3,(H,26,27)(H2,22,23,28)/t17-,19?/m0/s1. The number of carbonyl (C=O) groups is 3. The number of carbonyl (C=O) groups excluding carboxylic acids is 2. The first-order valence-electron chi connectivity index (χ1n) is 9.25. The van der Waals surface area contributed by atoms with Gasteiger partial charge in [-0.2, -0.15) is 0 Å². The van der Waals surface area contributed by atoms with E-state index >= 15 is 0 Å². The number of carboxylic acid groups (broad SMARTS) is 1. The number of aliphatic carboxylic acids is 1. The van der Waals surface area contributed by atoms with Gasteiger partial charge in [0.2, 0.25) is 5.91 Å². The number of hydrogen-bond acceptors (Lipinski definition) is 4. The Balaban J connectivity index is 1.62. The van der Waals surface area contributed by atoms with Crippen molar-refractivity contribution in [1.29, 1.82) is 0 Å². The van der Waals surface area contributed by atoms with Gasteiger partial charge in [0.05, 0.1) is 11.9 Å². The number of amides is 3. The molecule has 0 saturated carbocycles. The number of aryl methyl sites for hydroxylation is 1. The zero-order valence-electron chi connectivity index (χ0n) is 16.0. The van der Waals surface area contributed by atoms with Crippen molar-refractivity contribution >= 4 is 35.4 Å². The number of nitrogens with one attached hydrogen (secondary N) is 2. The summed E-state index contributed by atoms with van der Waals surface area (Å²) in [4.78, 5) is 37.9. The summed E-state index contributed by atoms with van der Waals surface area (Å²) < 4.78 is 0. The van der Waals surface area contributed by atoms with E-state index < -0.39 is 23.9 Å². The number of carboxylic acids is 1. The van der Waals surface area contributed by atoms with Crippen LogP contribution >= 0.6 is 11.8 Å². The van der Waals surface area contributed by atoms with E-state index in [0.717, 1.165) is 11.1 Å². The van der Waals surface area contributed by atoms with Gasteiger partial charge in [0.15, 0.2) is 0 Å². The van der Waals surface area contributed by atoms with Crippen molar-refractivity contribution in [2.75, 3.05) is 17.6 Å². The molecular formula is C21H23N3O4S. The fraction of sp³-hybridized carbons (Fsp3) is 0.286. The van der Waals surface area contributed by atoms with Crippen LogP contribution in [-0.4, -0.2) is 51.6 Å². The lowest BCUT2D eigenvalue weighted by Crippen LogP contribution is -2.50. The lowest BCUT2D eigenvalue weighted by Gasteiger charge is -2.27. The predicted molar refractivity (Wildman–Crippen MR) is 113 cm³/mol. The van der Waals surface area contributed by atoms with Gasteiger partial charge in [-0.25, -0.2) is 9.59 Å². The van der Waals surface area contributed by atoms with E-state index in [-0.39, 0.29) is 11.9 Å². The number of rotatable bonds is 6. The van der Waals surface area contributed by atoms with E-state index in [1.54, 1.807) is 6.07 Å². The molecule has 1 aliphatic rings. The van der Waals surface area contributed by atoms with Crippen LogP contribution in [0.3, 0.4) is 0 Å². The first kappa shape index (κ1) is 20.7. The highest BCUT2D eigenvalue weighted by Crippen LogP contribution is 2.31. The van der Waals surface area contributed by atoms with Crippen molar-refractivity contribution in [1.82, 2.24) is 10.2 Å². The number of hydrogen-bond donors (Lipinski definition) is 3. The zero-order valence-corrected chi connectivity index (χ0v) is 16.8. The van der Waals surface area contributed by atoms with Crippen LogP contribution < -0.4 is 10.6 Å². The molecule has 3 rings (SSSR count). The number of urea groups is 1. The molecule has 1 aliphatic heterocycles. The highest BCUT2D eigenvalue weighted by molar-refractivity contribution is 8.00. The molecule has 1 heterocycles. The Morgan fingerprint density at radius 2 is 1.90 bits per heavy atom. The highest BCUT2D eigenvalue weighted by Gasteiger charge is 2.41. The topological polar surface area (TPSA) is 98.7 Å². The van der Waals surface area contributed by atoms with Gasteiger partial charge in [0.25, 0.3) is 0 Å². The Morgan fingerprint density at radius 3 is 2.59 bits per heavy atom. The third-order valence-electron chi connectivity index (χ3n) is 4.59. The average Bonchev–Trinajstić information content (AvgIpc) is 3.11. The first-order chi connectivity index (χ1) is 13.9. The maximum Gasteiger partial charge on any atom is 0.327 e. The minimum Gasteiger partial charge on any atom is -0.480 e. The van der Waals surface area contributed by atoms with E-state index in [9.17, 15) is 19.5 Å². The summed E-state index contributed by atoms with van der Waals surface area (Å²) in [6, 6.07) is 15.5. The molecule has 2 aromatic rings. The molecule has 1 unspecified atom stereocenters. The monoisotopic (exact) mass is 413 g/mol. The minimum absolute atomic E-state index is 0.271. The van der Waals surface area contributed by atoms with Crippen LogP contribution in [0.5, 0.6) is 0 Å². The fourth-order valence-electron chi connectivity index (χ4n) is 3.21. The lowest BCUT2D eigenvalue weighted by atomic mass is 10.1. The molecule has 0 radical (unpaired) electrons. The molecule has 2 aromatic carbocycles. The average molecular weight is 413 g/mol. The second-order valence-electron chi connectivity index (χ2n) is 6.81. The highest BCUT2D eigenvalue weighted by atomic mass is 32.2. The second kappa shape index (κ2) is 9.47. The van der Waals surface area contributed by atoms with Crippen LogP contribution in [0, 0.1) is 6.92 Å². The van der Waals surface area contributed by atoms with Crippen LogP contribution in [0.4, 0.5) is 10.5 Å². The Kier molecular flexibility index (Phi) is 6.77. The molecular weight excluding hydrogens is 390 g/mol. The van der Waals surface area contributed by atoms with Gasteiger partial charge < -0.3 is 20.6 Å². The smallest absolute Gasteiger partial charge is 0.327 e. The van der Waals surface area contributed by atoms with Gasteiger partial charge in [0.1, 0.15) is 6.04 Å². The Hall–Kier alpha value is -3.00. The molecule has 0 aliphatic carbocycles. The molecule has 8 heteroatoms. The van der Waals surface area contributed by atoms with Gasteiger partial charge in [-0.15, -0.1) is 11.8 Å². The van der Waals surface area contributed by atoms with E-state index in [0.29, 0.717) is 17.9 Å². The molecule has 1 fully saturated rings. The molecule has 152 valence electrons. The lowest BCUT2D eigenvalue weighted by molar-refractivity contribution is -0.148. The predicted octanol–water partition coefficient (Wildman–Crippen LogP) is 2.71. The van der Waals surface area contributed by atoms with Crippen LogP contribution in [-0.2, 0) is 16.0 Å². The van der Waals surface area contributed by atoms with Gasteiger partial charge in [0, 0.05) is 17.9 Å². The molecule has 2 atom stereocenters. The largest absolute Gasteiger partial charge is 0.480 e. The van der Waals surface area contributed by atoms with Crippen LogP contribution in [0.1, 0.15) is 11.1 Å². The molecule has 29 heavy (non-hydrogen) atoms. The van der Waals surface area contributed by atoms with Crippen molar-refractivity contribution < 1.29 is 19.5 Å². The third-order valence-corrected chi connectivity index (χ3v) is 5.88. The Labute approximate surface area is 173 Å². The van der Waals surface area contributed by atoms with E-state index in [4.69, 9.17) is 0 Å². The van der Waals surface area contributed by atoms with E-state index in [1.165, 1.54) is 16.7 Å². The number of anilines is 1. The molecule has 0 bridgehead atoms. The van der Waals surface area contributed by atoms with Gasteiger partial charge >= 0.3 is 12.0 Å². The van der Waals surface area contributed by atoms with Gasteiger partial charge in [-0.05, 0) is 30.2 Å². The summed E-state index contributed by atoms with van der Waals surface area (Å²) in [6.07, 6.45) is 0.552. The van der Waals surface area contributed by atoms with Crippen LogP contribution in [0.15, 0.2) is 54.6 Å². The first-order valence-corrected chi connectivity index (χ1v) is 10.3. The van der Waals surface area contributed by atoms with Crippen molar-refractivity contribution in [3.05, 3.63) is 65.7 Å². The molecule has 0 spiro atoms. The Morgan fingerprint density at radius 1 is 1.14 bits per heavy atom. The van der Waals surface area contributed by atoms with Gasteiger partial charge in [-0.3, -0.25) is 4.79 Å². The fourth-order valence-corrected chi connectivity index (χ4v) is 4.65. The second-order valence-corrected chi connectivity index (χ2v) is 8.02. The van der Waals surface area contributed by atoms with Crippen molar-refractivity contribution in [2.45, 2.75) is 24.8 Å². The molecule has 7 nitrogen and oxygen atoms in total. The summed E-state index contributed by atoms with van der Waals surface area (Å²) in [7, 11) is 0. The summed E-state index contributed by atoms with van der Waals surface area (Å²) in [5.74, 6) is -1.12. The van der Waals surface area contributed by atoms with Gasteiger partial charge in [-0.1, -0.05) is 42.5 Å².